The summed E-state index contributed by atoms with van der Waals surface area (Å²) in [6, 6.07) is 0. The Labute approximate surface area is 34.8 Å². The lowest BCUT2D eigenvalue weighted by Crippen LogP contribution is -2.17. The van der Waals surface area contributed by atoms with Crippen molar-refractivity contribution in [1.82, 2.24) is 0 Å². The van der Waals surface area contributed by atoms with E-state index >= 15 is 0 Å². The molecule has 5 heavy (non-hydrogen) atoms. The van der Waals surface area contributed by atoms with Crippen LogP contribution in [-0.2, 0) is 0 Å². The van der Waals surface area contributed by atoms with Gasteiger partial charge in [-0.25, -0.2) is 4.39 Å². The van der Waals surface area contributed by atoms with Gasteiger partial charge in [-0.1, -0.05) is 0 Å². The molecule has 2 heteroatoms. The molecule has 1 rings (SSSR count). The first-order chi connectivity index (χ1) is 2.39. The quantitative estimate of drug-likeness (QED) is 0.430. The van der Waals surface area contributed by atoms with Gasteiger partial charge in [0.25, 0.3) is 0 Å². The molecule has 0 spiro atoms. The molecule has 1 fully saturated rings. The lowest BCUT2D eigenvalue weighted by molar-refractivity contribution is 0.388. The van der Waals surface area contributed by atoms with Gasteiger partial charge in [0.15, 0.2) is 0 Å². The second-order valence-corrected chi connectivity index (χ2v) is 2.21. The van der Waals surface area contributed by atoms with Crippen LogP contribution in [0.2, 0.25) is 0 Å². The molecule has 0 bridgehead atoms. The van der Waals surface area contributed by atoms with Crippen LogP contribution in [0, 0.1) is 0 Å². The SMILES string of the molecule is FC1CSC1. The average molecular weight is 92.1 g/mol. The number of thioether (sulfide) groups is 1. The van der Waals surface area contributed by atoms with Gasteiger partial charge in [-0.05, 0) is 0 Å². The second kappa shape index (κ2) is 1.17. The minimum atomic E-state index is -0.472. The molecule has 0 N–H and O–H groups in total. The van der Waals surface area contributed by atoms with Gasteiger partial charge >= 0.3 is 0 Å². The third-order valence-corrected chi connectivity index (χ3v) is 1.79. The van der Waals surface area contributed by atoms with Gasteiger partial charge in [-0.2, -0.15) is 11.8 Å². The van der Waals surface area contributed by atoms with E-state index in [4.69, 9.17) is 0 Å². The zero-order chi connectivity index (χ0) is 3.70. The fourth-order valence-corrected chi connectivity index (χ4v) is 0.621. The average Bonchev–Trinajstić information content (AvgIpc) is 1.30. The van der Waals surface area contributed by atoms with Gasteiger partial charge in [0.05, 0.1) is 0 Å². The fraction of sp³-hybridized carbons (Fsp3) is 1.00. The Hall–Kier alpha value is 0.280. The molecule has 0 aliphatic carbocycles. The summed E-state index contributed by atoms with van der Waals surface area (Å²) in [5.41, 5.74) is 0. The minimum absolute atomic E-state index is 0.472. The van der Waals surface area contributed by atoms with E-state index in [2.05, 4.69) is 0 Å². The Morgan fingerprint density at radius 3 is 2.00 bits per heavy atom. The van der Waals surface area contributed by atoms with E-state index in [0.29, 0.717) is 0 Å². The summed E-state index contributed by atoms with van der Waals surface area (Å²) in [5, 5.41) is 0. The van der Waals surface area contributed by atoms with Crippen molar-refractivity contribution in [1.29, 1.82) is 0 Å². The van der Waals surface area contributed by atoms with Crippen LogP contribution in [0.3, 0.4) is 0 Å². The summed E-state index contributed by atoms with van der Waals surface area (Å²) in [5.74, 6) is 1.47. The predicted molar refractivity (Wildman–Crippen MR) is 22.2 cm³/mol. The van der Waals surface area contributed by atoms with Gasteiger partial charge in [-0.3, -0.25) is 0 Å². The molecule has 1 heterocycles. The first-order valence-electron chi connectivity index (χ1n) is 1.61. The zero-order valence-corrected chi connectivity index (χ0v) is 3.59. The molecule has 30 valence electrons. The maximum absolute atomic E-state index is 11.5. The first kappa shape index (κ1) is 3.47. The van der Waals surface area contributed by atoms with Gasteiger partial charge in [0.1, 0.15) is 6.17 Å². The Kier molecular flexibility index (Phi) is 0.810. The Bertz CT molecular complexity index is 33.9. The van der Waals surface area contributed by atoms with Gasteiger partial charge in [0.2, 0.25) is 0 Å². The molecule has 1 saturated heterocycles. The summed E-state index contributed by atoms with van der Waals surface area (Å²) in [6.07, 6.45) is -0.472. The van der Waals surface area contributed by atoms with Gasteiger partial charge < -0.3 is 0 Å². The van der Waals surface area contributed by atoms with E-state index in [9.17, 15) is 4.39 Å². The van der Waals surface area contributed by atoms with Crippen molar-refractivity contribution in [2.75, 3.05) is 11.5 Å². The Balaban J connectivity index is 2.08. The third-order valence-electron chi connectivity index (χ3n) is 0.597. The number of hydrogen-bond acceptors (Lipinski definition) is 1. The highest BCUT2D eigenvalue weighted by molar-refractivity contribution is 8.00. The highest BCUT2D eigenvalue weighted by atomic mass is 32.2. The summed E-state index contributed by atoms with van der Waals surface area (Å²) in [4.78, 5) is 0. The molecule has 0 unspecified atom stereocenters. The van der Waals surface area contributed by atoms with Crippen molar-refractivity contribution in [2.24, 2.45) is 0 Å². The van der Waals surface area contributed by atoms with Gasteiger partial charge in [-0.15, -0.1) is 0 Å². The number of alkyl halides is 1. The predicted octanol–water partition coefficient (Wildman–Crippen LogP) is 1.07. The van der Waals surface area contributed by atoms with Crippen molar-refractivity contribution >= 4 is 11.8 Å². The largest absolute Gasteiger partial charge is 0.246 e. The monoisotopic (exact) mass is 92.0 g/mol. The Morgan fingerprint density at radius 1 is 1.60 bits per heavy atom. The van der Waals surface area contributed by atoms with E-state index in [0.717, 1.165) is 11.5 Å². The van der Waals surface area contributed by atoms with Crippen LogP contribution in [-0.4, -0.2) is 17.7 Å². The summed E-state index contributed by atoms with van der Waals surface area (Å²) in [6.45, 7) is 0. The van der Waals surface area contributed by atoms with Crippen LogP contribution in [0.4, 0.5) is 4.39 Å². The molecule has 0 aromatic heterocycles. The smallest absolute Gasteiger partial charge is 0.118 e. The van der Waals surface area contributed by atoms with Crippen molar-refractivity contribution < 1.29 is 4.39 Å². The van der Waals surface area contributed by atoms with Gasteiger partial charge in [0, 0.05) is 11.5 Å². The van der Waals surface area contributed by atoms with Crippen LogP contribution in [0.15, 0.2) is 0 Å². The van der Waals surface area contributed by atoms with Crippen molar-refractivity contribution in [2.45, 2.75) is 6.17 Å². The molecule has 1 aliphatic heterocycles. The standard InChI is InChI=1S/C3H5FS/c4-3-1-5-2-3/h3H,1-2H2. The van der Waals surface area contributed by atoms with E-state index in [1.54, 1.807) is 11.8 Å². The number of rotatable bonds is 0. The molecule has 0 aromatic carbocycles. The normalized spacial score (nSPS) is 25.8. The fourth-order valence-electron chi connectivity index (χ4n) is 0.207. The minimum Gasteiger partial charge on any atom is -0.246 e. The first-order valence-corrected chi connectivity index (χ1v) is 2.77. The molecule has 0 amide bonds. The molecule has 0 saturated carbocycles. The summed E-state index contributed by atoms with van der Waals surface area (Å²) in [7, 11) is 0. The highest BCUT2D eigenvalue weighted by Crippen LogP contribution is 2.19. The van der Waals surface area contributed by atoms with Crippen LogP contribution in [0.1, 0.15) is 0 Å². The molecule has 0 aromatic rings. The van der Waals surface area contributed by atoms with Crippen molar-refractivity contribution in [3.63, 3.8) is 0 Å². The summed E-state index contributed by atoms with van der Waals surface area (Å²) < 4.78 is 11.5. The summed E-state index contributed by atoms with van der Waals surface area (Å²) >= 11 is 1.67. The number of halogens is 1. The van der Waals surface area contributed by atoms with Crippen LogP contribution < -0.4 is 0 Å². The van der Waals surface area contributed by atoms with Crippen molar-refractivity contribution in [3.8, 4) is 0 Å². The third kappa shape index (κ3) is 0.564. The van der Waals surface area contributed by atoms with Crippen molar-refractivity contribution in [3.05, 3.63) is 0 Å². The van der Waals surface area contributed by atoms with E-state index in [-0.39, 0.29) is 0 Å². The molecule has 0 atom stereocenters. The molecule has 0 nitrogen and oxygen atoms in total. The highest BCUT2D eigenvalue weighted by Gasteiger charge is 2.14. The van der Waals surface area contributed by atoms with Crippen LogP contribution in [0.25, 0.3) is 0 Å². The Morgan fingerprint density at radius 2 is 2.00 bits per heavy atom. The van der Waals surface area contributed by atoms with E-state index < -0.39 is 6.17 Å². The molecular weight excluding hydrogens is 87.1 g/mol. The second-order valence-electron chi connectivity index (χ2n) is 1.13. The van der Waals surface area contributed by atoms with Crippen LogP contribution in [0.5, 0.6) is 0 Å². The topological polar surface area (TPSA) is 0 Å². The molecule has 0 radical (unpaired) electrons. The number of hydrogen-bond donors (Lipinski definition) is 0. The maximum atomic E-state index is 11.5. The lowest BCUT2D eigenvalue weighted by atomic mass is 10.5. The zero-order valence-electron chi connectivity index (χ0n) is 2.78. The van der Waals surface area contributed by atoms with Crippen LogP contribution >= 0.6 is 11.8 Å². The van der Waals surface area contributed by atoms with E-state index in [1.165, 1.54) is 0 Å². The van der Waals surface area contributed by atoms with E-state index in [1.807, 2.05) is 0 Å². The maximum Gasteiger partial charge on any atom is 0.118 e. The molecular formula is C3H5FS. The molecule has 1 aliphatic rings. The lowest BCUT2D eigenvalue weighted by Gasteiger charge is -2.14.